The minimum Gasteiger partial charge on any atom is -0.508 e. The second-order valence-corrected chi connectivity index (χ2v) is 9.15. The fourth-order valence-electron chi connectivity index (χ4n) is 4.95. The standard InChI is InChI=1S/C24H26O5/c1-13-8-17-16-11-18(25)14(2)9-19(16)29-24(12-13)21(27)15(3)10-20(26)23(17,24)7-6-22(4,5)28/h6-11,17,25,28H,12H2,1-5H3/b7-6-/t17-,23-,24+/m1/s1. The molecule has 0 unspecified atom stereocenters. The highest BCUT2D eigenvalue weighted by molar-refractivity contribution is 6.18. The van der Waals surface area contributed by atoms with Gasteiger partial charge in [0.2, 0.25) is 5.78 Å². The first-order valence-electron chi connectivity index (χ1n) is 9.81. The van der Waals surface area contributed by atoms with E-state index < -0.39 is 22.5 Å². The topological polar surface area (TPSA) is 83.8 Å². The Kier molecular flexibility index (Phi) is 4.01. The Hall–Kier alpha value is -2.66. The molecule has 2 N–H and O–H groups in total. The number of hydrogen-bond donors (Lipinski definition) is 2. The van der Waals surface area contributed by atoms with E-state index in [-0.39, 0.29) is 23.7 Å². The van der Waals surface area contributed by atoms with Crippen LogP contribution >= 0.6 is 0 Å². The van der Waals surface area contributed by atoms with Gasteiger partial charge in [-0.2, -0.15) is 0 Å². The van der Waals surface area contributed by atoms with Gasteiger partial charge < -0.3 is 14.9 Å². The van der Waals surface area contributed by atoms with Crippen LogP contribution < -0.4 is 4.74 Å². The number of aryl methyl sites for hydroxylation is 1. The molecule has 1 aliphatic heterocycles. The molecule has 0 fully saturated rings. The molecular formula is C24H26O5. The molecule has 2 bridgehead atoms. The quantitative estimate of drug-likeness (QED) is 0.748. The van der Waals surface area contributed by atoms with E-state index in [0.29, 0.717) is 22.4 Å². The summed E-state index contributed by atoms with van der Waals surface area (Å²) in [6, 6.07) is 3.35. The second-order valence-electron chi connectivity index (χ2n) is 9.15. The fraction of sp³-hybridized carbons (Fsp3) is 0.417. The summed E-state index contributed by atoms with van der Waals surface area (Å²) in [5, 5.41) is 20.7. The first-order valence-corrected chi connectivity index (χ1v) is 9.81. The monoisotopic (exact) mass is 394 g/mol. The highest BCUT2D eigenvalue weighted by Crippen LogP contribution is 2.63. The number of carbonyl (C=O) groups excluding carboxylic acids is 2. The predicted molar refractivity (Wildman–Crippen MR) is 109 cm³/mol. The summed E-state index contributed by atoms with van der Waals surface area (Å²) in [7, 11) is 0. The van der Waals surface area contributed by atoms with Gasteiger partial charge in [0, 0.05) is 17.9 Å². The number of Topliss-reactive ketones (excluding diaryl/α,β-unsaturated/α-hetero) is 1. The first kappa shape index (κ1) is 19.6. The number of aliphatic hydroxyl groups is 1. The predicted octanol–water partition coefficient (Wildman–Crippen LogP) is 3.68. The zero-order valence-electron chi connectivity index (χ0n) is 17.4. The summed E-state index contributed by atoms with van der Waals surface area (Å²) < 4.78 is 6.43. The number of carbonyl (C=O) groups is 2. The number of phenolic OH excluding ortho intramolecular Hbond substituents is 1. The van der Waals surface area contributed by atoms with Crippen molar-refractivity contribution in [3.05, 3.63) is 58.7 Å². The summed E-state index contributed by atoms with van der Waals surface area (Å²) in [6.45, 7) is 8.57. The van der Waals surface area contributed by atoms with Gasteiger partial charge >= 0.3 is 0 Å². The molecule has 1 heterocycles. The average molecular weight is 394 g/mol. The van der Waals surface area contributed by atoms with Crippen molar-refractivity contribution in [3.8, 4) is 11.5 Å². The van der Waals surface area contributed by atoms with Crippen molar-refractivity contribution < 1.29 is 24.5 Å². The summed E-state index contributed by atoms with van der Waals surface area (Å²) in [5.74, 6) is -0.316. The molecule has 4 rings (SSSR count). The lowest BCUT2D eigenvalue weighted by Gasteiger charge is -2.57. The third-order valence-corrected chi connectivity index (χ3v) is 6.32. The number of aromatic hydroxyl groups is 1. The molecule has 2 aliphatic carbocycles. The van der Waals surface area contributed by atoms with Gasteiger partial charge in [0.1, 0.15) is 16.9 Å². The van der Waals surface area contributed by atoms with Crippen LogP contribution in [0.25, 0.3) is 0 Å². The van der Waals surface area contributed by atoms with Gasteiger partial charge in [-0.05, 0) is 64.0 Å². The second kappa shape index (κ2) is 5.92. The Labute approximate surface area is 170 Å². The van der Waals surface area contributed by atoms with Gasteiger partial charge in [0.25, 0.3) is 0 Å². The Balaban J connectivity index is 2.11. The molecule has 1 aromatic carbocycles. The summed E-state index contributed by atoms with van der Waals surface area (Å²) in [5.41, 5.74) is -1.28. The summed E-state index contributed by atoms with van der Waals surface area (Å²) in [6.07, 6.45) is 6.88. The van der Waals surface area contributed by atoms with Crippen LogP contribution in [0.5, 0.6) is 11.5 Å². The van der Waals surface area contributed by atoms with Crippen LogP contribution in [0.2, 0.25) is 0 Å². The number of rotatable bonds is 2. The molecule has 0 amide bonds. The number of benzene rings is 1. The van der Waals surface area contributed by atoms with E-state index in [1.807, 2.05) is 13.0 Å². The minimum atomic E-state index is -1.41. The van der Waals surface area contributed by atoms with Crippen molar-refractivity contribution in [1.29, 1.82) is 0 Å². The Bertz CT molecular complexity index is 1040. The van der Waals surface area contributed by atoms with Crippen LogP contribution in [0.1, 0.15) is 51.2 Å². The fourth-order valence-corrected chi connectivity index (χ4v) is 4.95. The Morgan fingerprint density at radius 2 is 1.90 bits per heavy atom. The zero-order valence-corrected chi connectivity index (χ0v) is 17.4. The van der Waals surface area contributed by atoms with Crippen LogP contribution in [0.4, 0.5) is 0 Å². The maximum absolute atomic E-state index is 13.6. The van der Waals surface area contributed by atoms with Gasteiger partial charge in [-0.1, -0.05) is 23.8 Å². The third-order valence-electron chi connectivity index (χ3n) is 6.32. The van der Waals surface area contributed by atoms with Gasteiger partial charge in [0.05, 0.1) is 5.60 Å². The highest BCUT2D eigenvalue weighted by atomic mass is 16.5. The van der Waals surface area contributed by atoms with Gasteiger partial charge in [0.15, 0.2) is 11.4 Å². The lowest BCUT2D eigenvalue weighted by atomic mass is 9.49. The number of phenols is 1. The van der Waals surface area contributed by atoms with Gasteiger partial charge in [-0.15, -0.1) is 0 Å². The van der Waals surface area contributed by atoms with Crippen molar-refractivity contribution >= 4 is 11.6 Å². The van der Waals surface area contributed by atoms with Crippen LogP contribution in [0, 0.1) is 12.3 Å². The van der Waals surface area contributed by atoms with Crippen molar-refractivity contribution in [1.82, 2.24) is 0 Å². The normalized spacial score (nSPS) is 31.0. The molecular weight excluding hydrogens is 368 g/mol. The molecule has 0 spiro atoms. The zero-order chi connectivity index (χ0) is 21.4. The van der Waals surface area contributed by atoms with Crippen LogP contribution in [-0.2, 0) is 9.59 Å². The maximum atomic E-state index is 13.6. The lowest BCUT2D eigenvalue weighted by Crippen LogP contribution is -2.68. The first-order chi connectivity index (χ1) is 13.4. The Morgan fingerprint density at radius 1 is 1.21 bits per heavy atom. The van der Waals surface area contributed by atoms with Crippen LogP contribution in [-0.4, -0.2) is 33.0 Å². The number of fused-ring (bicyclic) bond motifs is 2. The lowest BCUT2D eigenvalue weighted by molar-refractivity contribution is -0.157. The molecule has 0 saturated heterocycles. The number of ether oxygens (including phenoxy) is 1. The minimum absolute atomic E-state index is 0.111. The average Bonchev–Trinajstić information content (AvgIpc) is 2.60. The van der Waals surface area contributed by atoms with Crippen molar-refractivity contribution in [2.75, 3.05) is 0 Å². The molecule has 3 atom stereocenters. The van der Waals surface area contributed by atoms with E-state index in [4.69, 9.17) is 4.74 Å². The van der Waals surface area contributed by atoms with E-state index in [2.05, 4.69) is 0 Å². The van der Waals surface area contributed by atoms with E-state index in [1.165, 1.54) is 6.08 Å². The van der Waals surface area contributed by atoms with Crippen molar-refractivity contribution in [2.45, 2.75) is 58.2 Å². The molecule has 0 aromatic heterocycles. The van der Waals surface area contributed by atoms with Crippen LogP contribution in [0.15, 0.2) is 47.6 Å². The third kappa shape index (κ3) is 2.57. The number of ketones is 2. The molecule has 0 saturated carbocycles. The molecule has 5 nitrogen and oxygen atoms in total. The number of allylic oxidation sites excluding steroid dienone is 2. The molecule has 1 aromatic rings. The highest BCUT2D eigenvalue weighted by Gasteiger charge is 2.70. The Morgan fingerprint density at radius 3 is 2.55 bits per heavy atom. The molecule has 5 heteroatoms. The smallest absolute Gasteiger partial charge is 0.203 e. The maximum Gasteiger partial charge on any atom is 0.203 e. The summed E-state index contributed by atoms with van der Waals surface area (Å²) >= 11 is 0. The number of hydrogen-bond acceptors (Lipinski definition) is 5. The molecule has 3 aliphatic rings. The molecule has 29 heavy (non-hydrogen) atoms. The molecule has 152 valence electrons. The van der Waals surface area contributed by atoms with Crippen LogP contribution in [0.3, 0.4) is 0 Å². The van der Waals surface area contributed by atoms with E-state index in [0.717, 1.165) is 5.57 Å². The molecule has 0 radical (unpaired) electrons. The van der Waals surface area contributed by atoms with E-state index in [1.54, 1.807) is 52.0 Å². The van der Waals surface area contributed by atoms with Gasteiger partial charge in [-0.25, -0.2) is 0 Å². The summed E-state index contributed by atoms with van der Waals surface area (Å²) in [4.78, 5) is 27.1. The largest absolute Gasteiger partial charge is 0.508 e. The SMILES string of the molecule is CC1=C[C@@H]2c3cc(O)c(C)cc3O[C@@]3(C1)C(=O)C(C)=CC(=O)[C@@]23/C=C\C(C)(C)O. The van der Waals surface area contributed by atoms with Gasteiger partial charge in [-0.3, -0.25) is 9.59 Å². The van der Waals surface area contributed by atoms with E-state index >= 15 is 0 Å². The van der Waals surface area contributed by atoms with Crippen molar-refractivity contribution in [2.24, 2.45) is 5.41 Å². The van der Waals surface area contributed by atoms with E-state index in [9.17, 15) is 19.8 Å². The van der Waals surface area contributed by atoms with Crippen molar-refractivity contribution in [3.63, 3.8) is 0 Å².